The minimum Gasteiger partial charge on any atom is -0.410 e. The molecule has 2 unspecified atom stereocenters. The average molecular weight is 559 g/mol. The van der Waals surface area contributed by atoms with Crippen molar-refractivity contribution in [3.8, 4) is 0 Å². The molecule has 0 bridgehead atoms. The Morgan fingerprint density at radius 2 is 1.41 bits per heavy atom. The molecule has 2 atom stereocenters. The van der Waals surface area contributed by atoms with E-state index in [2.05, 4.69) is 104 Å². The summed E-state index contributed by atoms with van der Waals surface area (Å²) in [6.07, 6.45) is 4.90. The number of rotatable bonds is 12. The van der Waals surface area contributed by atoms with Crippen LogP contribution >= 0.6 is 11.3 Å². The summed E-state index contributed by atoms with van der Waals surface area (Å²) >= 11 is 1.78. The van der Waals surface area contributed by atoms with Gasteiger partial charge in [-0.15, -0.1) is 11.3 Å². The van der Waals surface area contributed by atoms with Crippen LogP contribution in [0.4, 0.5) is 0 Å². The van der Waals surface area contributed by atoms with Gasteiger partial charge in [-0.2, -0.15) is 0 Å². The van der Waals surface area contributed by atoms with Gasteiger partial charge in [-0.1, -0.05) is 72.7 Å². The van der Waals surface area contributed by atoms with Crippen molar-refractivity contribution >= 4 is 35.0 Å². The summed E-state index contributed by atoms with van der Waals surface area (Å²) in [7, 11) is -1.78. The van der Waals surface area contributed by atoms with Crippen LogP contribution in [-0.2, 0) is 21.7 Å². The lowest BCUT2D eigenvalue weighted by atomic mass is 9.77. The van der Waals surface area contributed by atoms with Crippen LogP contribution in [0.3, 0.4) is 0 Å². The zero-order valence-electron chi connectivity index (χ0n) is 25.1. The molecule has 2 rings (SSSR count). The Morgan fingerprint density at radius 1 is 0.865 bits per heavy atom. The predicted molar refractivity (Wildman–Crippen MR) is 165 cm³/mol. The van der Waals surface area contributed by atoms with Crippen LogP contribution in [0.25, 0.3) is 5.57 Å². The topological polar surface area (TPSA) is 38.7 Å². The first-order valence-corrected chi connectivity index (χ1v) is 19.3. The maximum absolute atomic E-state index is 9.34. The summed E-state index contributed by atoms with van der Waals surface area (Å²) in [5, 5.41) is 11.6. The number of hydrogen-bond acceptors (Lipinski definition) is 4. The van der Waals surface area contributed by atoms with Gasteiger partial charge in [0, 0.05) is 4.88 Å². The molecule has 1 heterocycles. The first-order chi connectivity index (χ1) is 17.2. The second kappa shape index (κ2) is 13.9. The monoisotopic (exact) mass is 558 g/mol. The van der Waals surface area contributed by atoms with Crippen molar-refractivity contribution < 1.29 is 14.0 Å². The van der Waals surface area contributed by atoms with E-state index >= 15 is 0 Å². The fraction of sp³-hybridized carbons (Fsp3) is 0.613. The van der Waals surface area contributed by atoms with Gasteiger partial charge in [0.15, 0.2) is 0 Å². The van der Waals surface area contributed by atoms with Crippen molar-refractivity contribution in [3.05, 3.63) is 62.9 Å². The van der Waals surface area contributed by atoms with E-state index in [0.29, 0.717) is 0 Å². The van der Waals surface area contributed by atoms with Gasteiger partial charge in [-0.25, -0.2) is 0 Å². The van der Waals surface area contributed by atoms with Gasteiger partial charge in [0.2, 0.25) is 18.1 Å². The van der Waals surface area contributed by atoms with Crippen LogP contribution in [0.5, 0.6) is 0 Å². The smallest absolute Gasteiger partial charge is 0.205 e. The third-order valence-electron chi connectivity index (χ3n) is 6.39. The molecule has 0 aliphatic carbocycles. The predicted octanol–water partition coefficient (Wildman–Crippen LogP) is 9.03. The number of aryl methyl sites for hydroxylation is 2. The second-order valence-corrected chi connectivity index (χ2v) is 17.6. The zero-order valence-corrected chi connectivity index (χ0v) is 27.9. The van der Waals surface area contributed by atoms with Gasteiger partial charge in [-0.05, 0) is 95.6 Å². The van der Waals surface area contributed by atoms with Crippen molar-refractivity contribution in [3.63, 3.8) is 0 Å². The molecule has 0 aliphatic rings. The summed E-state index contributed by atoms with van der Waals surface area (Å²) in [5.74, 6) is 0. The molecule has 0 aliphatic heterocycles. The van der Waals surface area contributed by atoms with Crippen molar-refractivity contribution in [1.82, 2.24) is 0 Å². The van der Waals surface area contributed by atoms with Crippen LogP contribution in [0, 0.1) is 10.8 Å². The van der Waals surface area contributed by atoms with Crippen molar-refractivity contribution in [2.24, 2.45) is 10.8 Å². The van der Waals surface area contributed by atoms with Crippen LogP contribution in [0.2, 0.25) is 26.2 Å². The maximum atomic E-state index is 9.34. The van der Waals surface area contributed by atoms with Gasteiger partial charge < -0.3 is 14.0 Å². The van der Waals surface area contributed by atoms with Gasteiger partial charge in [0.25, 0.3) is 0 Å². The quantitative estimate of drug-likeness (QED) is 0.264. The Hall–Kier alpha value is -1.03. The Balaban J connectivity index is 2.49. The second-order valence-electron chi connectivity index (χ2n) is 12.6. The molecule has 2 aromatic rings. The average Bonchev–Trinajstić information content (AvgIpc) is 3.25. The Labute approximate surface area is 234 Å². The minimum absolute atomic E-state index is 0.0149. The molecule has 206 valence electrons. The fourth-order valence-electron chi connectivity index (χ4n) is 4.62. The lowest BCUT2D eigenvalue weighted by molar-refractivity contribution is 0.0655. The van der Waals surface area contributed by atoms with E-state index in [9.17, 15) is 5.11 Å². The summed E-state index contributed by atoms with van der Waals surface area (Å²) in [6.45, 7) is 24.9. The number of thiophene rings is 1. The molecule has 2 radical (unpaired) electrons. The fourth-order valence-corrected chi connectivity index (χ4v) is 7.59. The number of hydrogen-bond donors (Lipinski definition) is 1. The highest BCUT2D eigenvalue weighted by Gasteiger charge is 2.36. The van der Waals surface area contributed by atoms with E-state index in [1.54, 1.807) is 11.3 Å². The molecule has 0 fully saturated rings. The Kier molecular flexibility index (Phi) is 12.1. The first kappa shape index (κ1) is 32.2. The summed E-state index contributed by atoms with van der Waals surface area (Å²) in [5.41, 5.74) is 6.47. The van der Waals surface area contributed by atoms with E-state index < -0.39 is 18.1 Å². The third kappa shape index (κ3) is 9.59. The van der Waals surface area contributed by atoms with E-state index in [1.807, 2.05) is 6.08 Å². The molecule has 6 heteroatoms. The number of aliphatic hydroxyl groups excluding tert-OH is 1. The molecule has 0 saturated carbocycles. The van der Waals surface area contributed by atoms with Crippen molar-refractivity contribution in [2.45, 2.75) is 106 Å². The molecule has 37 heavy (non-hydrogen) atoms. The van der Waals surface area contributed by atoms with Crippen LogP contribution in [0.15, 0.2) is 35.7 Å². The Bertz CT molecular complexity index is 1010. The van der Waals surface area contributed by atoms with Gasteiger partial charge in [0.05, 0.1) is 18.8 Å². The van der Waals surface area contributed by atoms with Crippen LogP contribution in [-0.4, -0.2) is 29.8 Å². The standard InChI is InChI=1S/C31H50O3SSi2/c1-12-24(17-18-32)27-20-23(21-35-27)14-13-22-15-16-25(28(30(2,3)4)33-36(8)9)26(19-22)29(31(5,6)7)34-37(10)11/h15-17,19-21,28-29,32H,12-14,18H2,1-11H3. The van der Waals surface area contributed by atoms with E-state index in [1.165, 1.54) is 32.7 Å². The lowest BCUT2D eigenvalue weighted by Crippen LogP contribution is -2.31. The van der Waals surface area contributed by atoms with Crippen molar-refractivity contribution in [1.29, 1.82) is 0 Å². The third-order valence-corrected chi connectivity index (χ3v) is 8.86. The summed E-state index contributed by atoms with van der Waals surface area (Å²) in [6, 6.07) is 9.33. The van der Waals surface area contributed by atoms with Gasteiger partial charge in [-0.3, -0.25) is 0 Å². The molecule has 0 amide bonds. The van der Waals surface area contributed by atoms with E-state index in [0.717, 1.165) is 19.3 Å². The highest BCUT2D eigenvalue weighted by molar-refractivity contribution is 7.11. The number of aliphatic hydroxyl groups is 1. The molecular formula is C31H50O3SSi2. The summed E-state index contributed by atoms with van der Waals surface area (Å²) < 4.78 is 13.4. The van der Waals surface area contributed by atoms with Crippen LogP contribution in [0.1, 0.15) is 94.2 Å². The molecule has 1 aromatic carbocycles. The minimum atomic E-state index is -0.898. The summed E-state index contributed by atoms with van der Waals surface area (Å²) in [4.78, 5) is 1.27. The largest absolute Gasteiger partial charge is 0.410 e. The highest BCUT2D eigenvalue weighted by atomic mass is 32.1. The molecule has 0 spiro atoms. The molecule has 1 N–H and O–H groups in total. The molecule has 1 aromatic heterocycles. The number of benzene rings is 1. The van der Waals surface area contributed by atoms with Gasteiger partial charge in [0.1, 0.15) is 0 Å². The lowest BCUT2D eigenvalue weighted by Gasteiger charge is -2.39. The number of allylic oxidation sites excluding steroid dienone is 1. The van der Waals surface area contributed by atoms with Gasteiger partial charge >= 0.3 is 0 Å². The zero-order chi connectivity index (χ0) is 28.0. The first-order valence-electron chi connectivity index (χ1n) is 13.6. The van der Waals surface area contributed by atoms with Crippen LogP contribution < -0.4 is 0 Å². The molecule has 0 saturated heterocycles. The normalized spacial score (nSPS) is 15.0. The van der Waals surface area contributed by atoms with Crippen molar-refractivity contribution in [2.75, 3.05) is 6.61 Å². The molecule has 3 nitrogen and oxygen atoms in total. The van der Waals surface area contributed by atoms with E-state index in [-0.39, 0.29) is 29.6 Å². The SMILES string of the molecule is CCC(=CCO)c1cc(CCc2ccc(C(O[Si](C)C)C(C)(C)C)c(C(O[Si](C)C)C(C)(C)C)c2)cs1. The highest BCUT2D eigenvalue weighted by Crippen LogP contribution is 2.45. The molecular weight excluding hydrogens is 509 g/mol. The Morgan fingerprint density at radius 3 is 1.89 bits per heavy atom. The maximum Gasteiger partial charge on any atom is 0.205 e. The van der Waals surface area contributed by atoms with E-state index in [4.69, 9.17) is 8.85 Å².